The summed E-state index contributed by atoms with van der Waals surface area (Å²) >= 11 is 5.92. The number of aromatic amines is 1. The number of carbonyl (C=O) groups excluding carboxylic acids is 1. The summed E-state index contributed by atoms with van der Waals surface area (Å²) in [5.41, 5.74) is 2.66. The molecule has 2 amide bonds. The minimum Gasteiger partial charge on any atom is -0.378 e. The molecule has 2 heterocycles. The Labute approximate surface area is 151 Å². The van der Waals surface area contributed by atoms with Crippen LogP contribution in [0.1, 0.15) is 23.1 Å². The van der Waals surface area contributed by atoms with E-state index in [1.165, 1.54) is 0 Å². The fourth-order valence-corrected chi connectivity index (χ4v) is 2.84. The van der Waals surface area contributed by atoms with Crippen molar-refractivity contribution in [2.24, 2.45) is 0 Å². The van der Waals surface area contributed by atoms with Gasteiger partial charge in [-0.15, -0.1) is 0 Å². The van der Waals surface area contributed by atoms with E-state index in [0.717, 1.165) is 17.0 Å². The monoisotopic (exact) mass is 364 g/mol. The highest BCUT2D eigenvalue weighted by atomic mass is 35.5. The molecule has 7 nitrogen and oxygen atoms in total. The third-order valence-corrected chi connectivity index (χ3v) is 4.25. The Kier molecular flexibility index (Phi) is 5.91. The van der Waals surface area contributed by atoms with Gasteiger partial charge in [0.25, 0.3) is 0 Å². The summed E-state index contributed by atoms with van der Waals surface area (Å²) in [5, 5.41) is 10.6. The van der Waals surface area contributed by atoms with Gasteiger partial charge in [0.1, 0.15) is 6.10 Å². The van der Waals surface area contributed by atoms with Crippen molar-refractivity contribution in [1.82, 2.24) is 20.4 Å². The molecule has 1 aliphatic heterocycles. The highest BCUT2D eigenvalue weighted by Crippen LogP contribution is 2.23. The minimum atomic E-state index is -0.141. The van der Waals surface area contributed by atoms with Crippen LogP contribution in [-0.2, 0) is 22.6 Å². The second kappa shape index (κ2) is 8.33. The van der Waals surface area contributed by atoms with Gasteiger partial charge in [-0.25, -0.2) is 4.79 Å². The van der Waals surface area contributed by atoms with Crippen LogP contribution in [0.5, 0.6) is 0 Å². The first kappa shape index (κ1) is 17.7. The van der Waals surface area contributed by atoms with E-state index in [2.05, 4.69) is 15.5 Å². The standard InChI is InChI=1S/C17H21ClN4O3/c1-24-11-15-8-14(20-21-15)9-19-17(23)22-6-7-25-16(10-22)12-2-4-13(18)5-3-12/h2-5,8,16H,6-7,9-11H2,1H3,(H,19,23)(H,20,21)/t16-/m1/s1. The molecule has 1 fully saturated rings. The van der Waals surface area contributed by atoms with Gasteiger partial charge in [-0.1, -0.05) is 23.7 Å². The summed E-state index contributed by atoms with van der Waals surface area (Å²) in [6, 6.07) is 9.27. The Morgan fingerprint density at radius 3 is 3.04 bits per heavy atom. The Hall–Kier alpha value is -2.09. The minimum absolute atomic E-state index is 0.120. The van der Waals surface area contributed by atoms with Crippen molar-refractivity contribution in [2.45, 2.75) is 19.3 Å². The molecule has 2 N–H and O–H groups in total. The molecule has 0 unspecified atom stereocenters. The number of halogens is 1. The van der Waals surface area contributed by atoms with E-state index in [-0.39, 0.29) is 12.1 Å². The topological polar surface area (TPSA) is 79.5 Å². The van der Waals surface area contributed by atoms with E-state index in [4.69, 9.17) is 21.1 Å². The molecule has 0 spiro atoms. The van der Waals surface area contributed by atoms with Crippen molar-refractivity contribution in [2.75, 3.05) is 26.8 Å². The Morgan fingerprint density at radius 1 is 1.48 bits per heavy atom. The number of rotatable bonds is 5. The molecule has 8 heteroatoms. The van der Waals surface area contributed by atoms with Gasteiger partial charge in [0, 0.05) is 18.7 Å². The number of benzene rings is 1. The zero-order valence-corrected chi connectivity index (χ0v) is 14.8. The summed E-state index contributed by atoms with van der Waals surface area (Å²) in [6.07, 6.45) is -0.141. The number of hydrogen-bond donors (Lipinski definition) is 2. The summed E-state index contributed by atoms with van der Waals surface area (Å²) in [7, 11) is 1.62. The maximum atomic E-state index is 12.4. The number of nitrogens with one attached hydrogen (secondary N) is 2. The Bertz CT molecular complexity index is 704. The van der Waals surface area contributed by atoms with Gasteiger partial charge in [0.05, 0.1) is 37.7 Å². The molecule has 1 aromatic heterocycles. The first-order valence-corrected chi connectivity index (χ1v) is 8.45. The highest BCUT2D eigenvalue weighted by Gasteiger charge is 2.25. The van der Waals surface area contributed by atoms with Crippen molar-refractivity contribution in [3.8, 4) is 0 Å². The molecule has 25 heavy (non-hydrogen) atoms. The summed E-state index contributed by atoms with van der Waals surface area (Å²) in [5.74, 6) is 0. The van der Waals surface area contributed by atoms with Gasteiger partial charge in [-0.2, -0.15) is 5.10 Å². The van der Waals surface area contributed by atoms with Crippen LogP contribution < -0.4 is 5.32 Å². The molecule has 1 aromatic carbocycles. The fourth-order valence-electron chi connectivity index (χ4n) is 2.72. The van der Waals surface area contributed by atoms with E-state index in [0.29, 0.717) is 37.9 Å². The SMILES string of the molecule is COCc1cc(CNC(=O)N2CCO[C@@H](c3ccc(Cl)cc3)C2)[nH]n1. The molecule has 1 saturated heterocycles. The van der Waals surface area contributed by atoms with Crippen LogP contribution >= 0.6 is 11.6 Å². The number of urea groups is 1. The Morgan fingerprint density at radius 2 is 2.28 bits per heavy atom. The lowest BCUT2D eigenvalue weighted by atomic mass is 10.1. The van der Waals surface area contributed by atoms with Crippen LogP contribution in [0.25, 0.3) is 0 Å². The molecule has 2 aromatic rings. The number of ether oxygens (including phenoxy) is 2. The zero-order valence-electron chi connectivity index (χ0n) is 14.0. The average Bonchev–Trinajstić information content (AvgIpc) is 3.08. The normalized spacial score (nSPS) is 17.5. The lowest BCUT2D eigenvalue weighted by molar-refractivity contribution is -0.0154. The number of amides is 2. The van der Waals surface area contributed by atoms with Crippen LogP contribution in [0, 0.1) is 0 Å². The van der Waals surface area contributed by atoms with Crippen LogP contribution in [0.2, 0.25) is 5.02 Å². The predicted molar refractivity (Wildman–Crippen MR) is 93.3 cm³/mol. The van der Waals surface area contributed by atoms with Gasteiger partial charge in [0.15, 0.2) is 0 Å². The number of carbonyl (C=O) groups is 1. The maximum absolute atomic E-state index is 12.4. The lowest BCUT2D eigenvalue weighted by Gasteiger charge is -2.33. The van der Waals surface area contributed by atoms with Crippen molar-refractivity contribution in [3.05, 3.63) is 52.3 Å². The van der Waals surface area contributed by atoms with Crippen molar-refractivity contribution < 1.29 is 14.3 Å². The van der Waals surface area contributed by atoms with Gasteiger partial charge < -0.3 is 19.7 Å². The molecular weight excluding hydrogens is 344 g/mol. The highest BCUT2D eigenvalue weighted by molar-refractivity contribution is 6.30. The zero-order chi connectivity index (χ0) is 17.6. The molecule has 134 valence electrons. The van der Waals surface area contributed by atoms with E-state index in [1.807, 2.05) is 30.3 Å². The van der Waals surface area contributed by atoms with Crippen LogP contribution in [0.4, 0.5) is 4.79 Å². The molecular formula is C17H21ClN4O3. The predicted octanol–water partition coefficient (Wildman–Crippen LogP) is 2.49. The fraction of sp³-hybridized carbons (Fsp3) is 0.412. The van der Waals surface area contributed by atoms with Gasteiger partial charge in [-0.05, 0) is 23.8 Å². The average molecular weight is 365 g/mol. The molecule has 0 aliphatic carbocycles. The molecule has 0 saturated carbocycles. The maximum Gasteiger partial charge on any atom is 0.317 e. The van der Waals surface area contributed by atoms with E-state index in [1.54, 1.807) is 12.0 Å². The molecule has 3 rings (SSSR count). The third kappa shape index (κ3) is 4.72. The van der Waals surface area contributed by atoms with Crippen LogP contribution in [0.3, 0.4) is 0 Å². The first-order valence-electron chi connectivity index (χ1n) is 8.07. The van der Waals surface area contributed by atoms with Gasteiger partial charge >= 0.3 is 6.03 Å². The van der Waals surface area contributed by atoms with E-state index in [9.17, 15) is 4.79 Å². The van der Waals surface area contributed by atoms with Crippen molar-refractivity contribution in [3.63, 3.8) is 0 Å². The summed E-state index contributed by atoms with van der Waals surface area (Å²) in [6.45, 7) is 2.40. The quantitative estimate of drug-likeness (QED) is 0.854. The summed E-state index contributed by atoms with van der Waals surface area (Å²) < 4.78 is 10.8. The largest absolute Gasteiger partial charge is 0.378 e. The number of hydrogen-bond acceptors (Lipinski definition) is 4. The van der Waals surface area contributed by atoms with E-state index < -0.39 is 0 Å². The second-order valence-corrected chi connectivity index (χ2v) is 6.27. The molecule has 0 radical (unpaired) electrons. The van der Waals surface area contributed by atoms with Crippen molar-refractivity contribution >= 4 is 17.6 Å². The third-order valence-electron chi connectivity index (χ3n) is 4.00. The number of morpholine rings is 1. The van der Waals surface area contributed by atoms with Crippen molar-refractivity contribution in [1.29, 1.82) is 0 Å². The summed E-state index contributed by atoms with van der Waals surface area (Å²) in [4.78, 5) is 14.2. The smallest absolute Gasteiger partial charge is 0.317 e. The first-order chi connectivity index (χ1) is 12.2. The molecule has 1 atom stereocenters. The lowest BCUT2D eigenvalue weighted by Crippen LogP contribution is -2.47. The number of methoxy groups -OCH3 is 1. The second-order valence-electron chi connectivity index (χ2n) is 5.83. The van der Waals surface area contributed by atoms with Gasteiger partial charge in [-0.3, -0.25) is 5.10 Å². The Balaban J connectivity index is 1.53. The number of aromatic nitrogens is 2. The molecule has 1 aliphatic rings. The van der Waals surface area contributed by atoms with E-state index >= 15 is 0 Å². The van der Waals surface area contributed by atoms with Gasteiger partial charge in [0.2, 0.25) is 0 Å². The number of H-pyrrole nitrogens is 1. The van der Waals surface area contributed by atoms with Crippen LogP contribution in [-0.4, -0.2) is 47.9 Å². The number of nitrogens with zero attached hydrogens (tertiary/aromatic N) is 2. The van der Waals surface area contributed by atoms with Crippen LogP contribution in [0.15, 0.2) is 30.3 Å². The molecule has 0 bridgehead atoms.